The Balaban J connectivity index is 2.05. The predicted molar refractivity (Wildman–Crippen MR) is 67.4 cm³/mol. The van der Waals surface area contributed by atoms with Crippen molar-refractivity contribution in [3.8, 4) is 0 Å². The molecule has 0 aliphatic heterocycles. The smallest absolute Gasteiger partial charge is 0.124 e. The highest BCUT2D eigenvalue weighted by Gasteiger charge is 2.01. The molecule has 0 amide bonds. The summed E-state index contributed by atoms with van der Waals surface area (Å²) < 4.78 is 12.9. The van der Waals surface area contributed by atoms with Crippen molar-refractivity contribution in [3.63, 3.8) is 0 Å². The minimum atomic E-state index is -0.204. The number of thioether (sulfide) groups is 1. The van der Waals surface area contributed by atoms with Gasteiger partial charge in [0.15, 0.2) is 0 Å². The molecule has 0 heterocycles. The molecule has 0 N–H and O–H groups in total. The van der Waals surface area contributed by atoms with E-state index in [1.165, 1.54) is 12.1 Å². The molecule has 0 atom stereocenters. The lowest BCUT2D eigenvalue weighted by molar-refractivity contribution is 0.624. The molecule has 0 aliphatic rings. The van der Waals surface area contributed by atoms with Crippen molar-refractivity contribution in [1.82, 2.24) is 0 Å². The second-order valence-corrected chi connectivity index (χ2v) is 4.79. The van der Waals surface area contributed by atoms with Crippen LogP contribution in [0.25, 0.3) is 0 Å². The molecule has 0 spiro atoms. The Morgan fingerprint density at radius 3 is 2.62 bits per heavy atom. The summed E-state index contributed by atoms with van der Waals surface area (Å²) in [5.41, 5.74) is 1.07. The average Bonchev–Trinajstić information content (AvgIpc) is 2.28. The fraction of sp³-hybridized carbons (Fsp3) is 0.0769. The Morgan fingerprint density at radius 1 is 1.06 bits per heavy atom. The minimum absolute atomic E-state index is 0.204. The maximum absolute atomic E-state index is 12.9. The molecule has 3 heteroatoms. The molecule has 0 bridgehead atoms. The first-order valence-corrected chi connectivity index (χ1v) is 6.24. The Kier molecular flexibility index (Phi) is 3.86. The first-order chi connectivity index (χ1) is 7.75. The van der Waals surface area contributed by atoms with Crippen molar-refractivity contribution in [2.45, 2.75) is 10.6 Å². The average molecular weight is 253 g/mol. The highest BCUT2D eigenvalue weighted by Crippen LogP contribution is 2.26. The maximum atomic E-state index is 12.9. The standard InChI is InChI=1S/C13H10ClFS/c14-13-7-2-1-4-10(13)9-16-12-6-3-5-11(15)8-12/h1-8H,9H2. The van der Waals surface area contributed by atoms with Gasteiger partial charge in [0.05, 0.1) is 0 Å². The van der Waals surface area contributed by atoms with E-state index in [4.69, 9.17) is 11.6 Å². The van der Waals surface area contributed by atoms with Gasteiger partial charge in [0.2, 0.25) is 0 Å². The molecule has 0 nitrogen and oxygen atoms in total. The summed E-state index contributed by atoms with van der Waals surface area (Å²) in [5, 5.41) is 0.756. The number of benzene rings is 2. The zero-order valence-electron chi connectivity index (χ0n) is 8.49. The van der Waals surface area contributed by atoms with Crippen LogP contribution in [-0.2, 0) is 5.75 Å². The van der Waals surface area contributed by atoms with Crippen LogP contribution in [0, 0.1) is 5.82 Å². The lowest BCUT2D eigenvalue weighted by atomic mass is 10.2. The molecule has 0 aliphatic carbocycles. The van der Waals surface area contributed by atoms with Crippen LogP contribution in [0.4, 0.5) is 4.39 Å². The summed E-state index contributed by atoms with van der Waals surface area (Å²) in [6, 6.07) is 14.3. The third-order valence-electron chi connectivity index (χ3n) is 2.15. The molecular formula is C13H10ClFS. The van der Waals surface area contributed by atoms with Gasteiger partial charge in [0.1, 0.15) is 5.82 Å². The van der Waals surface area contributed by atoms with Gasteiger partial charge in [-0.3, -0.25) is 0 Å². The molecule has 0 aromatic heterocycles. The van der Waals surface area contributed by atoms with Gasteiger partial charge in [-0.25, -0.2) is 4.39 Å². The van der Waals surface area contributed by atoms with Gasteiger partial charge in [-0.2, -0.15) is 0 Å². The van der Waals surface area contributed by atoms with Crippen molar-refractivity contribution in [3.05, 3.63) is 64.9 Å². The van der Waals surface area contributed by atoms with E-state index in [9.17, 15) is 4.39 Å². The van der Waals surface area contributed by atoms with E-state index in [0.717, 1.165) is 21.2 Å². The second kappa shape index (κ2) is 5.37. The van der Waals surface area contributed by atoms with E-state index in [0.29, 0.717) is 0 Å². The fourth-order valence-electron chi connectivity index (χ4n) is 1.33. The third kappa shape index (κ3) is 3.00. The van der Waals surface area contributed by atoms with Crippen molar-refractivity contribution < 1.29 is 4.39 Å². The van der Waals surface area contributed by atoms with Crippen LogP contribution >= 0.6 is 23.4 Å². The second-order valence-electron chi connectivity index (χ2n) is 3.34. The summed E-state index contributed by atoms with van der Waals surface area (Å²) in [7, 11) is 0. The summed E-state index contributed by atoms with van der Waals surface area (Å²) >= 11 is 7.61. The highest BCUT2D eigenvalue weighted by atomic mass is 35.5. The molecule has 0 saturated carbocycles. The Bertz CT molecular complexity index is 485. The first kappa shape index (κ1) is 11.5. The predicted octanol–water partition coefficient (Wildman–Crippen LogP) is 4.77. The molecule has 16 heavy (non-hydrogen) atoms. The van der Waals surface area contributed by atoms with Crippen LogP contribution in [0.3, 0.4) is 0 Å². The summed E-state index contributed by atoms with van der Waals surface area (Å²) in [6.07, 6.45) is 0. The van der Waals surface area contributed by atoms with Crippen LogP contribution in [0.15, 0.2) is 53.4 Å². The Morgan fingerprint density at radius 2 is 1.88 bits per heavy atom. The summed E-state index contributed by atoms with van der Waals surface area (Å²) in [5.74, 6) is 0.549. The van der Waals surface area contributed by atoms with Gasteiger partial charge in [0, 0.05) is 15.7 Å². The molecule has 0 unspecified atom stereocenters. The SMILES string of the molecule is Fc1cccc(SCc2ccccc2Cl)c1. The van der Waals surface area contributed by atoms with E-state index in [1.54, 1.807) is 17.8 Å². The van der Waals surface area contributed by atoms with E-state index >= 15 is 0 Å². The molecule has 2 rings (SSSR count). The zero-order chi connectivity index (χ0) is 11.4. The largest absolute Gasteiger partial charge is 0.207 e. The quantitative estimate of drug-likeness (QED) is 0.709. The fourth-order valence-corrected chi connectivity index (χ4v) is 2.56. The van der Waals surface area contributed by atoms with Crippen LogP contribution in [0.5, 0.6) is 0 Å². The van der Waals surface area contributed by atoms with Crippen molar-refractivity contribution in [2.75, 3.05) is 0 Å². The molecule has 82 valence electrons. The van der Waals surface area contributed by atoms with Crippen LogP contribution in [0.2, 0.25) is 5.02 Å². The Labute approximate surface area is 103 Å². The van der Waals surface area contributed by atoms with Crippen LogP contribution in [0.1, 0.15) is 5.56 Å². The van der Waals surface area contributed by atoms with Crippen LogP contribution in [-0.4, -0.2) is 0 Å². The number of hydrogen-bond acceptors (Lipinski definition) is 1. The van der Waals surface area contributed by atoms with Gasteiger partial charge < -0.3 is 0 Å². The van der Waals surface area contributed by atoms with Gasteiger partial charge in [-0.05, 0) is 29.8 Å². The zero-order valence-corrected chi connectivity index (χ0v) is 10.1. The summed E-state index contributed by atoms with van der Waals surface area (Å²) in [4.78, 5) is 0.917. The minimum Gasteiger partial charge on any atom is -0.207 e. The number of hydrogen-bond donors (Lipinski definition) is 0. The highest BCUT2D eigenvalue weighted by molar-refractivity contribution is 7.98. The Hall–Kier alpha value is -0.990. The van der Waals surface area contributed by atoms with Crippen molar-refractivity contribution in [1.29, 1.82) is 0 Å². The van der Waals surface area contributed by atoms with Gasteiger partial charge >= 0.3 is 0 Å². The molecule has 0 fully saturated rings. The van der Waals surface area contributed by atoms with E-state index in [2.05, 4.69) is 0 Å². The van der Waals surface area contributed by atoms with E-state index < -0.39 is 0 Å². The van der Waals surface area contributed by atoms with Crippen molar-refractivity contribution >= 4 is 23.4 Å². The van der Waals surface area contributed by atoms with E-state index in [-0.39, 0.29) is 5.82 Å². The maximum Gasteiger partial charge on any atom is 0.124 e. The molecule has 0 saturated heterocycles. The molecule has 2 aromatic carbocycles. The topological polar surface area (TPSA) is 0 Å². The lowest BCUT2D eigenvalue weighted by Crippen LogP contribution is -1.82. The molecule has 2 aromatic rings. The van der Waals surface area contributed by atoms with Gasteiger partial charge in [-0.1, -0.05) is 35.9 Å². The normalized spacial score (nSPS) is 10.4. The van der Waals surface area contributed by atoms with E-state index in [1.807, 2.05) is 30.3 Å². The van der Waals surface area contributed by atoms with Crippen LogP contribution < -0.4 is 0 Å². The number of rotatable bonds is 3. The third-order valence-corrected chi connectivity index (χ3v) is 3.56. The number of halogens is 2. The van der Waals surface area contributed by atoms with Gasteiger partial charge in [-0.15, -0.1) is 11.8 Å². The molecular weight excluding hydrogens is 243 g/mol. The first-order valence-electron chi connectivity index (χ1n) is 4.87. The monoisotopic (exact) mass is 252 g/mol. The lowest BCUT2D eigenvalue weighted by Gasteiger charge is -2.03. The van der Waals surface area contributed by atoms with Crippen molar-refractivity contribution in [2.24, 2.45) is 0 Å². The molecule has 0 radical (unpaired) electrons. The summed E-state index contributed by atoms with van der Waals surface area (Å²) in [6.45, 7) is 0. The van der Waals surface area contributed by atoms with Gasteiger partial charge in [0.25, 0.3) is 0 Å².